The normalized spacial score (nSPS) is 12.1. The van der Waals surface area contributed by atoms with Crippen molar-refractivity contribution in [2.75, 3.05) is 0 Å². The number of hydrogen-bond donors (Lipinski definition) is 1. The van der Waals surface area contributed by atoms with Crippen LogP contribution in [0.15, 0.2) is 30.6 Å². The molecule has 1 aromatic carbocycles. The van der Waals surface area contributed by atoms with Gasteiger partial charge in [-0.15, -0.1) is 5.10 Å². The molecule has 1 aromatic heterocycles. The molecule has 6 heteroatoms. The van der Waals surface area contributed by atoms with Gasteiger partial charge in [-0.2, -0.15) is 5.26 Å². The highest BCUT2D eigenvalue weighted by atomic mass is 19.1. The maximum absolute atomic E-state index is 12.7. The Hall–Kier alpha value is -2.26. The fourth-order valence-corrected chi connectivity index (χ4v) is 1.40. The van der Waals surface area contributed by atoms with Gasteiger partial charge in [0.2, 0.25) is 0 Å². The molecule has 2 rings (SSSR count). The average Bonchev–Trinajstić information content (AvgIpc) is 2.77. The average molecular weight is 232 g/mol. The Balaban J connectivity index is 2.08. The molecule has 5 nitrogen and oxygen atoms in total. The lowest BCUT2D eigenvalue weighted by Crippen LogP contribution is -2.09. The minimum atomic E-state index is -0.816. The maximum atomic E-state index is 12.7. The first kappa shape index (κ1) is 11.2. The second-order valence-electron chi connectivity index (χ2n) is 3.47. The van der Waals surface area contributed by atoms with E-state index in [2.05, 4.69) is 10.1 Å². The summed E-state index contributed by atoms with van der Waals surface area (Å²) in [4.78, 5) is 3.72. The van der Waals surface area contributed by atoms with E-state index in [1.807, 2.05) is 0 Å². The molecule has 0 amide bonds. The van der Waals surface area contributed by atoms with E-state index in [0.29, 0.717) is 5.56 Å². The van der Waals surface area contributed by atoms with Crippen LogP contribution in [0.2, 0.25) is 0 Å². The molecule has 1 N–H and O–H groups in total. The highest BCUT2D eigenvalue weighted by molar-refractivity contribution is 5.18. The van der Waals surface area contributed by atoms with Crippen molar-refractivity contribution in [2.45, 2.75) is 12.6 Å². The molecule has 0 spiro atoms. The van der Waals surface area contributed by atoms with Crippen LogP contribution < -0.4 is 0 Å². The van der Waals surface area contributed by atoms with Gasteiger partial charge in [-0.1, -0.05) is 12.1 Å². The summed E-state index contributed by atoms with van der Waals surface area (Å²) in [5.74, 6) is -0.301. The van der Waals surface area contributed by atoms with Gasteiger partial charge in [-0.3, -0.25) is 0 Å². The molecule has 0 saturated heterocycles. The standard InChI is InChI=1S/C11H9FN4O/c12-9-3-1-8(2-4-9)10(17)6-16-7-14-11(5-13)15-16/h1-4,7,10,17H,6H2/t10-/m0/s1. The van der Waals surface area contributed by atoms with Crippen molar-refractivity contribution >= 4 is 0 Å². The Morgan fingerprint density at radius 2 is 2.12 bits per heavy atom. The first-order valence-electron chi connectivity index (χ1n) is 4.92. The summed E-state index contributed by atoms with van der Waals surface area (Å²) in [6.45, 7) is 0.167. The van der Waals surface area contributed by atoms with Crippen LogP contribution in [0.25, 0.3) is 0 Å². The monoisotopic (exact) mass is 232 g/mol. The first-order chi connectivity index (χ1) is 8.19. The molecule has 0 radical (unpaired) electrons. The smallest absolute Gasteiger partial charge is 0.252 e. The predicted molar refractivity (Wildman–Crippen MR) is 56.1 cm³/mol. The molecule has 86 valence electrons. The Morgan fingerprint density at radius 1 is 1.41 bits per heavy atom. The van der Waals surface area contributed by atoms with Gasteiger partial charge in [-0.05, 0) is 17.7 Å². The minimum Gasteiger partial charge on any atom is -0.386 e. The number of aromatic nitrogens is 3. The van der Waals surface area contributed by atoms with Gasteiger partial charge in [-0.25, -0.2) is 14.1 Å². The SMILES string of the molecule is N#Cc1ncn(C[C@H](O)c2ccc(F)cc2)n1. The van der Waals surface area contributed by atoms with Crippen LogP contribution in [0.5, 0.6) is 0 Å². The van der Waals surface area contributed by atoms with Gasteiger partial charge in [0.25, 0.3) is 5.82 Å². The zero-order valence-corrected chi connectivity index (χ0v) is 8.79. The molecule has 0 aliphatic heterocycles. The highest BCUT2D eigenvalue weighted by Crippen LogP contribution is 2.14. The molecule has 0 unspecified atom stereocenters. The third-order valence-electron chi connectivity index (χ3n) is 2.25. The van der Waals surface area contributed by atoms with Crippen LogP contribution in [-0.2, 0) is 6.54 Å². The van der Waals surface area contributed by atoms with E-state index in [1.165, 1.54) is 35.3 Å². The van der Waals surface area contributed by atoms with E-state index >= 15 is 0 Å². The van der Waals surface area contributed by atoms with Crippen molar-refractivity contribution in [1.82, 2.24) is 14.8 Å². The summed E-state index contributed by atoms with van der Waals surface area (Å²) >= 11 is 0. The van der Waals surface area contributed by atoms with E-state index in [-0.39, 0.29) is 18.2 Å². The molecular weight excluding hydrogens is 223 g/mol. The number of rotatable bonds is 3. The number of halogens is 1. The van der Waals surface area contributed by atoms with Crippen molar-refractivity contribution in [3.05, 3.63) is 47.8 Å². The number of aliphatic hydroxyl groups excluding tert-OH is 1. The van der Waals surface area contributed by atoms with Crippen molar-refractivity contribution in [1.29, 1.82) is 5.26 Å². The molecule has 1 atom stereocenters. The van der Waals surface area contributed by atoms with E-state index in [9.17, 15) is 9.50 Å². The number of benzene rings is 1. The summed E-state index contributed by atoms with van der Waals surface area (Å²) in [5.41, 5.74) is 0.584. The fourth-order valence-electron chi connectivity index (χ4n) is 1.40. The maximum Gasteiger partial charge on any atom is 0.252 e. The van der Waals surface area contributed by atoms with Gasteiger partial charge >= 0.3 is 0 Å². The van der Waals surface area contributed by atoms with Crippen LogP contribution in [0.1, 0.15) is 17.5 Å². The van der Waals surface area contributed by atoms with Gasteiger partial charge < -0.3 is 5.11 Å². The fraction of sp³-hybridized carbons (Fsp3) is 0.182. The molecule has 2 aromatic rings. The Bertz CT molecular complexity index is 543. The highest BCUT2D eigenvalue weighted by Gasteiger charge is 2.09. The lowest BCUT2D eigenvalue weighted by molar-refractivity contribution is 0.151. The van der Waals surface area contributed by atoms with E-state index in [0.717, 1.165) is 0 Å². The van der Waals surface area contributed by atoms with Crippen molar-refractivity contribution in [2.24, 2.45) is 0 Å². The molecule has 0 aliphatic carbocycles. The summed E-state index contributed by atoms with van der Waals surface area (Å²) in [7, 11) is 0. The Morgan fingerprint density at radius 3 is 2.71 bits per heavy atom. The molecule has 0 saturated carbocycles. The summed E-state index contributed by atoms with van der Waals surface area (Å²) in [6, 6.07) is 7.35. The number of nitriles is 1. The second-order valence-corrected chi connectivity index (χ2v) is 3.47. The zero-order valence-electron chi connectivity index (χ0n) is 8.79. The van der Waals surface area contributed by atoms with Crippen LogP contribution in [-0.4, -0.2) is 19.9 Å². The van der Waals surface area contributed by atoms with Crippen LogP contribution in [0.3, 0.4) is 0 Å². The lowest BCUT2D eigenvalue weighted by Gasteiger charge is -2.10. The number of hydrogen-bond acceptors (Lipinski definition) is 4. The third-order valence-corrected chi connectivity index (χ3v) is 2.25. The van der Waals surface area contributed by atoms with Gasteiger partial charge in [0.15, 0.2) is 0 Å². The first-order valence-corrected chi connectivity index (χ1v) is 4.92. The molecular formula is C11H9FN4O. The largest absolute Gasteiger partial charge is 0.386 e. The quantitative estimate of drug-likeness (QED) is 0.857. The molecule has 0 fully saturated rings. The molecule has 17 heavy (non-hydrogen) atoms. The topological polar surface area (TPSA) is 74.7 Å². The molecule has 1 heterocycles. The van der Waals surface area contributed by atoms with Crippen LogP contribution in [0, 0.1) is 17.1 Å². The number of aliphatic hydroxyl groups is 1. The lowest BCUT2D eigenvalue weighted by atomic mass is 10.1. The summed E-state index contributed by atoms with van der Waals surface area (Å²) in [5, 5.41) is 22.2. The van der Waals surface area contributed by atoms with Gasteiger partial charge in [0.1, 0.15) is 18.2 Å². The number of nitrogens with zero attached hydrogens (tertiary/aromatic N) is 4. The summed E-state index contributed by atoms with van der Waals surface area (Å²) < 4.78 is 14.0. The van der Waals surface area contributed by atoms with Gasteiger partial charge in [0, 0.05) is 0 Å². The van der Waals surface area contributed by atoms with E-state index < -0.39 is 6.10 Å². The second kappa shape index (κ2) is 4.72. The Labute approximate surface area is 96.8 Å². The minimum absolute atomic E-state index is 0.0521. The van der Waals surface area contributed by atoms with Crippen molar-refractivity contribution in [3.63, 3.8) is 0 Å². The zero-order chi connectivity index (χ0) is 12.3. The van der Waals surface area contributed by atoms with Crippen molar-refractivity contribution < 1.29 is 9.50 Å². The van der Waals surface area contributed by atoms with Crippen LogP contribution in [0.4, 0.5) is 4.39 Å². The van der Waals surface area contributed by atoms with E-state index in [1.54, 1.807) is 6.07 Å². The van der Waals surface area contributed by atoms with Gasteiger partial charge in [0.05, 0.1) is 12.6 Å². The molecule has 0 aliphatic rings. The van der Waals surface area contributed by atoms with Crippen LogP contribution >= 0.6 is 0 Å². The molecule has 0 bridgehead atoms. The third kappa shape index (κ3) is 2.65. The van der Waals surface area contributed by atoms with Crippen molar-refractivity contribution in [3.8, 4) is 6.07 Å². The Kier molecular flexibility index (Phi) is 3.12. The predicted octanol–water partition coefficient (Wildman–Crippen LogP) is 1.02. The summed E-state index contributed by atoms with van der Waals surface area (Å²) in [6.07, 6.45) is 0.550. The van der Waals surface area contributed by atoms with E-state index in [4.69, 9.17) is 5.26 Å².